The molecular weight excluding hydrogens is 399 g/mol. The Bertz CT molecular complexity index is 944. The molecule has 1 amide bonds. The Morgan fingerprint density at radius 3 is 2.89 bits per heavy atom. The fraction of sp³-hybridized carbons (Fsp3) is 0.333. The third kappa shape index (κ3) is 5.08. The number of nitrogens with one attached hydrogen (secondary N) is 2. The molecule has 0 bridgehead atoms. The summed E-state index contributed by atoms with van der Waals surface area (Å²) in [4.78, 5) is 12.5. The highest BCUT2D eigenvalue weighted by molar-refractivity contribution is 8.02. The van der Waals surface area contributed by atoms with Gasteiger partial charge in [0.1, 0.15) is 11.6 Å². The molecule has 0 saturated heterocycles. The predicted molar refractivity (Wildman–Crippen MR) is 111 cm³/mol. The van der Waals surface area contributed by atoms with E-state index < -0.39 is 0 Å². The van der Waals surface area contributed by atoms with Gasteiger partial charge in [-0.15, -0.1) is 10.2 Å². The predicted octanol–water partition coefficient (Wildman–Crippen LogP) is 4.71. The smallest absolute Gasteiger partial charge is 0.238 e. The molecule has 148 valence electrons. The minimum atomic E-state index is -0.366. The van der Waals surface area contributed by atoms with Crippen molar-refractivity contribution in [3.05, 3.63) is 42.3 Å². The zero-order valence-electron chi connectivity index (χ0n) is 15.7. The second-order valence-electron chi connectivity index (χ2n) is 6.18. The van der Waals surface area contributed by atoms with E-state index >= 15 is 0 Å². The van der Waals surface area contributed by atoms with E-state index in [4.69, 9.17) is 0 Å². The molecule has 0 fully saturated rings. The third-order valence-electron chi connectivity index (χ3n) is 4.06. The van der Waals surface area contributed by atoms with Gasteiger partial charge in [-0.2, -0.15) is 5.10 Å². The summed E-state index contributed by atoms with van der Waals surface area (Å²) in [6, 6.07) is 8.10. The van der Waals surface area contributed by atoms with Crippen LogP contribution in [0.15, 0.2) is 40.9 Å². The van der Waals surface area contributed by atoms with Gasteiger partial charge in [0.05, 0.1) is 17.5 Å². The number of thioether (sulfide) groups is 1. The number of hydrogen-bond donors (Lipinski definition) is 2. The highest BCUT2D eigenvalue weighted by atomic mass is 32.2. The molecule has 0 spiro atoms. The molecule has 0 aliphatic rings. The molecule has 2 atom stereocenters. The Balaban J connectivity index is 1.59. The maximum atomic E-state index is 13.3. The molecule has 2 aromatic heterocycles. The summed E-state index contributed by atoms with van der Waals surface area (Å²) in [5, 5.41) is 18.5. The number of hydrogen-bond acceptors (Lipinski definition) is 7. The van der Waals surface area contributed by atoms with Crippen molar-refractivity contribution in [1.82, 2.24) is 20.0 Å². The summed E-state index contributed by atoms with van der Waals surface area (Å²) in [5.74, 6) is 0.216. The van der Waals surface area contributed by atoms with Crippen LogP contribution in [0.25, 0.3) is 0 Å². The molecular formula is C18H21FN6OS2. The summed E-state index contributed by atoms with van der Waals surface area (Å²) in [6.07, 6.45) is 2.59. The van der Waals surface area contributed by atoms with Crippen molar-refractivity contribution in [2.75, 3.05) is 10.6 Å². The van der Waals surface area contributed by atoms with Crippen LogP contribution in [-0.4, -0.2) is 31.1 Å². The SMILES string of the molecule is CC[C@@H](C)n1nccc1NC(=O)[C@@H](C)Sc1nnc(Nc2cccc(F)c2)s1. The number of carbonyl (C=O) groups is 1. The monoisotopic (exact) mass is 420 g/mol. The first-order valence-electron chi connectivity index (χ1n) is 8.83. The Morgan fingerprint density at radius 1 is 1.32 bits per heavy atom. The quantitative estimate of drug-likeness (QED) is 0.514. The second-order valence-corrected chi connectivity index (χ2v) is 8.74. The van der Waals surface area contributed by atoms with E-state index in [9.17, 15) is 9.18 Å². The number of halogens is 1. The van der Waals surface area contributed by atoms with Gasteiger partial charge in [-0.05, 0) is 38.5 Å². The van der Waals surface area contributed by atoms with Gasteiger partial charge in [0.15, 0.2) is 4.34 Å². The molecule has 2 heterocycles. The van der Waals surface area contributed by atoms with Gasteiger partial charge in [-0.25, -0.2) is 9.07 Å². The lowest BCUT2D eigenvalue weighted by atomic mass is 10.3. The van der Waals surface area contributed by atoms with Crippen molar-refractivity contribution in [3.8, 4) is 0 Å². The van der Waals surface area contributed by atoms with Crippen LogP contribution in [0.4, 0.5) is 21.0 Å². The van der Waals surface area contributed by atoms with Crippen LogP contribution < -0.4 is 10.6 Å². The molecule has 0 aliphatic carbocycles. The summed E-state index contributed by atoms with van der Waals surface area (Å²) in [7, 11) is 0. The first kappa shape index (κ1) is 20.3. The molecule has 0 unspecified atom stereocenters. The van der Waals surface area contributed by atoms with E-state index in [-0.39, 0.29) is 23.0 Å². The number of carbonyl (C=O) groups excluding carboxylic acids is 1. The largest absolute Gasteiger partial charge is 0.330 e. The standard InChI is InChI=1S/C18H21FN6OS2/c1-4-11(2)25-15(8-9-20-25)22-16(26)12(3)27-18-24-23-17(28-18)21-14-7-5-6-13(19)10-14/h5-12H,4H2,1-3H3,(H,21,23)(H,22,26)/t11-,12-/m1/s1. The van der Waals surface area contributed by atoms with Gasteiger partial charge in [0.25, 0.3) is 0 Å². The second kappa shape index (κ2) is 9.16. The molecule has 7 nitrogen and oxygen atoms in total. The molecule has 28 heavy (non-hydrogen) atoms. The Labute approximate surface area is 170 Å². The van der Waals surface area contributed by atoms with E-state index in [1.54, 1.807) is 29.1 Å². The van der Waals surface area contributed by atoms with Gasteiger partial charge in [0, 0.05) is 11.8 Å². The minimum Gasteiger partial charge on any atom is -0.330 e. The van der Waals surface area contributed by atoms with Crippen LogP contribution in [0.3, 0.4) is 0 Å². The average Bonchev–Trinajstić information content (AvgIpc) is 3.30. The molecule has 3 aromatic rings. The number of nitrogens with zero attached hydrogens (tertiary/aromatic N) is 4. The summed E-state index contributed by atoms with van der Waals surface area (Å²) >= 11 is 2.63. The van der Waals surface area contributed by atoms with Crippen molar-refractivity contribution in [3.63, 3.8) is 0 Å². The first-order chi connectivity index (χ1) is 13.5. The lowest BCUT2D eigenvalue weighted by molar-refractivity contribution is -0.115. The highest BCUT2D eigenvalue weighted by Crippen LogP contribution is 2.31. The van der Waals surface area contributed by atoms with Crippen molar-refractivity contribution in [2.24, 2.45) is 0 Å². The lowest BCUT2D eigenvalue weighted by Gasteiger charge is -2.15. The van der Waals surface area contributed by atoms with Crippen LogP contribution in [0, 0.1) is 5.82 Å². The van der Waals surface area contributed by atoms with Crippen LogP contribution in [0.1, 0.15) is 33.2 Å². The van der Waals surface area contributed by atoms with Crippen molar-refractivity contribution in [1.29, 1.82) is 0 Å². The average molecular weight is 421 g/mol. The molecule has 2 N–H and O–H groups in total. The number of aromatic nitrogens is 4. The van der Waals surface area contributed by atoms with Crippen molar-refractivity contribution >= 4 is 45.6 Å². The lowest BCUT2D eigenvalue weighted by Crippen LogP contribution is -2.24. The molecule has 0 radical (unpaired) electrons. The maximum absolute atomic E-state index is 13.3. The van der Waals surface area contributed by atoms with Crippen LogP contribution in [0.5, 0.6) is 0 Å². The Hall–Kier alpha value is -2.46. The van der Waals surface area contributed by atoms with Crippen LogP contribution >= 0.6 is 23.1 Å². The van der Waals surface area contributed by atoms with Crippen LogP contribution in [-0.2, 0) is 4.79 Å². The zero-order valence-corrected chi connectivity index (χ0v) is 17.4. The van der Waals surface area contributed by atoms with Crippen molar-refractivity contribution in [2.45, 2.75) is 42.8 Å². The Kier molecular flexibility index (Phi) is 6.63. The van der Waals surface area contributed by atoms with Crippen LogP contribution in [0.2, 0.25) is 0 Å². The first-order valence-corrected chi connectivity index (χ1v) is 10.5. The minimum absolute atomic E-state index is 0.134. The van der Waals surface area contributed by atoms with Gasteiger partial charge < -0.3 is 10.6 Å². The van der Waals surface area contributed by atoms with E-state index in [0.29, 0.717) is 21.0 Å². The number of rotatable bonds is 8. The number of anilines is 3. The summed E-state index contributed by atoms with van der Waals surface area (Å²) in [5.41, 5.74) is 0.594. The normalized spacial score (nSPS) is 13.1. The number of benzene rings is 1. The molecule has 0 aliphatic heterocycles. The highest BCUT2D eigenvalue weighted by Gasteiger charge is 2.19. The van der Waals surface area contributed by atoms with E-state index in [0.717, 1.165) is 6.42 Å². The van der Waals surface area contributed by atoms with Gasteiger partial charge in [-0.1, -0.05) is 36.1 Å². The fourth-order valence-corrected chi connectivity index (χ4v) is 4.28. The van der Waals surface area contributed by atoms with Gasteiger partial charge in [0.2, 0.25) is 11.0 Å². The molecule has 10 heteroatoms. The fourth-order valence-electron chi connectivity index (χ4n) is 2.37. The summed E-state index contributed by atoms with van der Waals surface area (Å²) in [6.45, 7) is 5.93. The summed E-state index contributed by atoms with van der Waals surface area (Å²) < 4.78 is 15.7. The van der Waals surface area contributed by atoms with Gasteiger partial charge >= 0.3 is 0 Å². The van der Waals surface area contributed by atoms with E-state index in [1.165, 1.54) is 35.2 Å². The molecule has 0 saturated carbocycles. The molecule has 3 rings (SSSR count). The van der Waals surface area contributed by atoms with E-state index in [1.807, 2.05) is 6.92 Å². The zero-order chi connectivity index (χ0) is 20.1. The van der Waals surface area contributed by atoms with E-state index in [2.05, 4.69) is 39.8 Å². The number of amides is 1. The maximum Gasteiger partial charge on any atom is 0.238 e. The third-order valence-corrected chi connectivity index (χ3v) is 6.08. The van der Waals surface area contributed by atoms with Crippen molar-refractivity contribution < 1.29 is 9.18 Å². The Morgan fingerprint density at radius 2 is 2.14 bits per heavy atom. The molecule has 1 aromatic carbocycles. The topological polar surface area (TPSA) is 84.7 Å². The van der Waals surface area contributed by atoms with Gasteiger partial charge in [-0.3, -0.25) is 4.79 Å².